The second kappa shape index (κ2) is 8.11. The van der Waals surface area contributed by atoms with Crippen LogP contribution in [0.1, 0.15) is 18.7 Å². The van der Waals surface area contributed by atoms with Gasteiger partial charge in [0.15, 0.2) is 0 Å². The van der Waals surface area contributed by atoms with Crippen molar-refractivity contribution in [3.63, 3.8) is 0 Å². The lowest BCUT2D eigenvalue weighted by Crippen LogP contribution is -2.36. The van der Waals surface area contributed by atoms with E-state index >= 15 is 0 Å². The van der Waals surface area contributed by atoms with Gasteiger partial charge in [-0.3, -0.25) is 4.79 Å². The number of ether oxygens (including phenoxy) is 2. The number of rotatable bonds is 6. The van der Waals surface area contributed by atoms with Crippen molar-refractivity contribution >= 4 is 23.3 Å². The van der Waals surface area contributed by atoms with E-state index in [1.807, 2.05) is 25.1 Å². The number of carboxylic acids is 1. The lowest BCUT2D eigenvalue weighted by Gasteiger charge is -2.31. The van der Waals surface area contributed by atoms with Gasteiger partial charge in [0.05, 0.1) is 25.8 Å². The van der Waals surface area contributed by atoms with Crippen LogP contribution in [0.5, 0.6) is 11.5 Å². The molecule has 3 rings (SSSR count). The maximum absolute atomic E-state index is 11.1. The standard InChI is InChI=1S/C19H24N4O4/c1-12-20-17(22-15-5-4-14(26-2)10-16(15)27-3)11-18(21-12)23-8-6-13(7-9-23)19(24)25/h4-5,10-11,13H,6-9H2,1-3H3,(H,24,25)(H,20,21,22). The van der Waals surface area contributed by atoms with Gasteiger partial charge in [-0.1, -0.05) is 0 Å². The molecule has 0 amide bonds. The molecule has 1 aliphatic heterocycles. The Morgan fingerprint density at radius 2 is 1.93 bits per heavy atom. The van der Waals surface area contributed by atoms with Gasteiger partial charge in [-0.15, -0.1) is 0 Å². The third-order valence-electron chi connectivity index (χ3n) is 4.66. The summed E-state index contributed by atoms with van der Waals surface area (Å²) in [7, 11) is 3.21. The summed E-state index contributed by atoms with van der Waals surface area (Å²) in [6, 6.07) is 7.38. The monoisotopic (exact) mass is 372 g/mol. The summed E-state index contributed by atoms with van der Waals surface area (Å²) in [6.45, 7) is 3.17. The summed E-state index contributed by atoms with van der Waals surface area (Å²) in [5.74, 6) is 2.45. The molecule has 0 atom stereocenters. The zero-order valence-corrected chi connectivity index (χ0v) is 15.7. The minimum absolute atomic E-state index is 0.273. The topological polar surface area (TPSA) is 96.8 Å². The quantitative estimate of drug-likeness (QED) is 0.799. The van der Waals surface area contributed by atoms with Gasteiger partial charge in [0.25, 0.3) is 0 Å². The Morgan fingerprint density at radius 3 is 2.56 bits per heavy atom. The first-order valence-corrected chi connectivity index (χ1v) is 8.82. The Bertz CT molecular complexity index is 819. The van der Waals surface area contributed by atoms with Crippen LogP contribution < -0.4 is 19.7 Å². The van der Waals surface area contributed by atoms with E-state index in [1.165, 1.54) is 0 Å². The number of nitrogens with zero attached hydrogens (tertiary/aromatic N) is 3. The minimum Gasteiger partial charge on any atom is -0.497 e. The summed E-state index contributed by atoms with van der Waals surface area (Å²) < 4.78 is 10.6. The average molecular weight is 372 g/mol. The first kappa shape index (κ1) is 18.8. The molecule has 1 aromatic carbocycles. The highest BCUT2D eigenvalue weighted by Gasteiger charge is 2.25. The molecule has 0 radical (unpaired) electrons. The maximum Gasteiger partial charge on any atom is 0.306 e. The Balaban J connectivity index is 1.79. The van der Waals surface area contributed by atoms with Gasteiger partial charge in [0.1, 0.15) is 29.0 Å². The van der Waals surface area contributed by atoms with E-state index in [-0.39, 0.29) is 5.92 Å². The number of nitrogens with one attached hydrogen (secondary N) is 1. The minimum atomic E-state index is -0.720. The molecule has 1 saturated heterocycles. The number of benzene rings is 1. The number of piperidine rings is 1. The van der Waals surface area contributed by atoms with Crippen LogP contribution in [0.3, 0.4) is 0 Å². The summed E-state index contributed by atoms with van der Waals surface area (Å²) >= 11 is 0. The Morgan fingerprint density at radius 1 is 1.19 bits per heavy atom. The number of carboxylic acid groups (broad SMARTS) is 1. The van der Waals surface area contributed by atoms with E-state index in [4.69, 9.17) is 14.6 Å². The number of aromatic nitrogens is 2. The molecule has 1 aromatic heterocycles. The van der Waals surface area contributed by atoms with Gasteiger partial charge in [0.2, 0.25) is 0 Å². The van der Waals surface area contributed by atoms with Crippen molar-refractivity contribution in [2.75, 3.05) is 37.5 Å². The van der Waals surface area contributed by atoms with E-state index < -0.39 is 5.97 Å². The fourth-order valence-electron chi connectivity index (χ4n) is 3.17. The van der Waals surface area contributed by atoms with Crippen LogP contribution in [0.4, 0.5) is 17.3 Å². The second-order valence-corrected chi connectivity index (χ2v) is 6.45. The number of aryl methyl sites for hydroxylation is 1. The third kappa shape index (κ3) is 4.39. The largest absolute Gasteiger partial charge is 0.497 e. The molecule has 144 valence electrons. The zero-order valence-electron chi connectivity index (χ0n) is 15.7. The molecular formula is C19H24N4O4. The van der Waals surface area contributed by atoms with Gasteiger partial charge in [-0.25, -0.2) is 9.97 Å². The molecule has 27 heavy (non-hydrogen) atoms. The van der Waals surface area contributed by atoms with Crippen molar-refractivity contribution in [2.45, 2.75) is 19.8 Å². The molecule has 0 saturated carbocycles. The predicted octanol–water partition coefficient (Wildman–Crippen LogP) is 2.85. The summed E-state index contributed by atoms with van der Waals surface area (Å²) in [5.41, 5.74) is 0.770. The molecular weight excluding hydrogens is 348 g/mol. The van der Waals surface area contributed by atoms with E-state index in [2.05, 4.69) is 20.2 Å². The lowest BCUT2D eigenvalue weighted by atomic mass is 9.97. The molecule has 2 heterocycles. The number of anilines is 3. The van der Waals surface area contributed by atoms with Gasteiger partial charge >= 0.3 is 5.97 Å². The van der Waals surface area contributed by atoms with Crippen LogP contribution in [0.25, 0.3) is 0 Å². The molecule has 1 fully saturated rings. The van der Waals surface area contributed by atoms with Crippen LogP contribution in [0.15, 0.2) is 24.3 Å². The van der Waals surface area contributed by atoms with Crippen molar-refractivity contribution in [2.24, 2.45) is 5.92 Å². The Hall–Kier alpha value is -3.03. The zero-order chi connectivity index (χ0) is 19.4. The third-order valence-corrected chi connectivity index (χ3v) is 4.66. The molecule has 1 aliphatic rings. The highest BCUT2D eigenvalue weighted by Crippen LogP contribution is 2.32. The van der Waals surface area contributed by atoms with Gasteiger partial charge in [0, 0.05) is 25.2 Å². The first-order valence-electron chi connectivity index (χ1n) is 8.82. The molecule has 8 nitrogen and oxygen atoms in total. The number of aliphatic carboxylic acids is 1. The molecule has 0 spiro atoms. The maximum atomic E-state index is 11.1. The Labute approximate surface area is 158 Å². The number of carbonyl (C=O) groups is 1. The van der Waals surface area contributed by atoms with Crippen molar-refractivity contribution in [3.8, 4) is 11.5 Å². The van der Waals surface area contributed by atoms with Crippen LogP contribution in [0, 0.1) is 12.8 Å². The highest BCUT2D eigenvalue weighted by molar-refractivity contribution is 5.70. The number of methoxy groups -OCH3 is 2. The van der Waals surface area contributed by atoms with Gasteiger partial charge < -0.3 is 24.8 Å². The van der Waals surface area contributed by atoms with Crippen LogP contribution in [-0.4, -0.2) is 48.4 Å². The van der Waals surface area contributed by atoms with Crippen molar-refractivity contribution in [3.05, 3.63) is 30.1 Å². The smallest absolute Gasteiger partial charge is 0.306 e. The van der Waals surface area contributed by atoms with E-state index in [1.54, 1.807) is 20.3 Å². The molecule has 0 aliphatic carbocycles. The fourth-order valence-corrected chi connectivity index (χ4v) is 3.17. The van der Waals surface area contributed by atoms with Crippen LogP contribution in [0.2, 0.25) is 0 Å². The number of hydrogen-bond acceptors (Lipinski definition) is 7. The van der Waals surface area contributed by atoms with E-state index in [0.29, 0.717) is 49.1 Å². The van der Waals surface area contributed by atoms with Crippen LogP contribution in [-0.2, 0) is 4.79 Å². The summed E-state index contributed by atoms with van der Waals surface area (Å²) in [4.78, 5) is 22.2. The molecule has 2 N–H and O–H groups in total. The summed E-state index contributed by atoms with van der Waals surface area (Å²) in [6.07, 6.45) is 1.24. The number of hydrogen-bond donors (Lipinski definition) is 2. The van der Waals surface area contributed by atoms with E-state index in [9.17, 15) is 4.79 Å². The van der Waals surface area contributed by atoms with Gasteiger partial charge in [-0.2, -0.15) is 0 Å². The highest BCUT2D eigenvalue weighted by atomic mass is 16.5. The summed E-state index contributed by atoms with van der Waals surface area (Å²) in [5, 5.41) is 12.4. The average Bonchev–Trinajstić information content (AvgIpc) is 2.68. The van der Waals surface area contributed by atoms with Crippen molar-refractivity contribution in [1.82, 2.24) is 9.97 Å². The van der Waals surface area contributed by atoms with Crippen LogP contribution >= 0.6 is 0 Å². The van der Waals surface area contributed by atoms with Crippen molar-refractivity contribution < 1.29 is 19.4 Å². The Kier molecular flexibility index (Phi) is 5.63. The first-order chi connectivity index (χ1) is 13.0. The SMILES string of the molecule is COc1ccc(Nc2cc(N3CCC(C(=O)O)CC3)nc(C)n2)c(OC)c1. The fraction of sp³-hybridized carbons (Fsp3) is 0.421. The lowest BCUT2D eigenvalue weighted by molar-refractivity contribution is -0.142. The molecule has 2 aromatic rings. The second-order valence-electron chi connectivity index (χ2n) is 6.45. The molecule has 0 bridgehead atoms. The normalized spacial score (nSPS) is 14.7. The predicted molar refractivity (Wildman–Crippen MR) is 102 cm³/mol. The van der Waals surface area contributed by atoms with E-state index in [0.717, 1.165) is 11.5 Å². The van der Waals surface area contributed by atoms with Crippen molar-refractivity contribution in [1.29, 1.82) is 0 Å². The van der Waals surface area contributed by atoms with Gasteiger partial charge in [-0.05, 0) is 31.9 Å². The molecule has 8 heteroatoms. The molecule has 0 unspecified atom stereocenters.